The van der Waals surface area contributed by atoms with Crippen molar-refractivity contribution in [3.63, 3.8) is 0 Å². The van der Waals surface area contributed by atoms with Gasteiger partial charge >= 0.3 is 0 Å². The summed E-state index contributed by atoms with van der Waals surface area (Å²) in [6.07, 6.45) is 5.70. The number of nitrogens with zero attached hydrogens (tertiary/aromatic N) is 1. The molecule has 0 N–H and O–H groups in total. The lowest BCUT2D eigenvalue weighted by Gasteiger charge is -2.41. The second-order valence-corrected chi connectivity index (χ2v) is 5.60. The second-order valence-electron chi connectivity index (χ2n) is 5.60. The highest BCUT2D eigenvalue weighted by Gasteiger charge is 2.42. The number of fused-ring (bicyclic) bond motifs is 4. The summed E-state index contributed by atoms with van der Waals surface area (Å²) in [7, 11) is 0. The molecule has 21 heavy (non-hydrogen) atoms. The number of benzene rings is 1. The first kappa shape index (κ1) is 12.4. The van der Waals surface area contributed by atoms with Crippen LogP contribution in [0.4, 0.5) is 0 Å². The summed E-state index contributed by atoms with van der Waals surface area (Å²) in [5.41, 5.74) is 1.53. The molecule has 0 bridgehead atoms. The van der Waals surface area contributed by atoms with E-state index in [1.165, 1.54) is 11.8 Å². The van der Waals surface area contributed by atoms with Crippen molar-refractivity contribution in [1.29, 1.82) is 0 Å². The highest BCUT2D eigenvalue weighted by molar-refractivity contribution is 6.07. The van der Waals surface area contributed by atoms with Crippen LogP contribution in [-0.4, -0.2) is 29.5 Å². The molecule has 2 atom stereocenters. The molecule has 3 aliphatic rings. The number of ether oxygens (including phenoxy) is 2. The molecule has 4 rings (SSSR count). The van der Waals surface area contributed by atoms with Crippen LogP contribution in [0.3, 0.4) is 0 Å². The van der Waals surface area contributed by atoms with Crippen molar-refractivity contribution in [2.75, 3.05) is 6.79 Å². The van der Waals surface area contributed by atoms with Gasteiger partial charge in [-0.3, -0.25) is 14.5 Å². The van der Waals surface area contributed by atoms with Gasteiger partial charge in [0.2, 0.25) is 12.7 Å². The molecule has 0 fully saturated rings. The van der Waals surface area contributed by atoms with Crippen molar-refractivity contribution in [3.8, 4) is 11.5 Å². The fourth-order valence-corrected chi connectivity index (χ4v) is 3.53. The highest BCUT2D eigenvalue weighted by Crippen LogP contribution is 2.45. The molecule has 0 saturated heterocycles. The molecule has 2 amide bonds. The van der Waals surface area contributed by atoms with Gasteiger partial charge in [-0.25, -0.2) is 0 Å². The molecule has 5 nitrogen and oxygen atoms in total. The van der Waals surface area contributed by atoms with Crippen LogP contribution in [-0.2, 0) is 4.79 Å². The number of allylic oxidation sites excluding steroid dienone is 1. The summed E-state index contributed by atoms with van der Waals surface area (Å²) < 4.78 is 10.8. The summed E-state index contributed by atoms with van der Waals surface area (Å²) in [5.74, 6) is 0.976. The topological polar surface area (TPSA) is 55.8 Å². The number of carbonyl (C=O) groups is 2. The Morgan fingerprint density at radius 2 is 1.90 bits per heavy atom. The van der Waals surface area contributed by atoms with E-state index in [1.807, 2.05) is 12.1 Å². The Bertz CT molecular complexity index is 679. The predicted octanol–water partition coefficient (Wildman–Crippen LogP) is 2.22. The molecule has 0 saturated carbocycles. The molecule has 0 unspecified atom stereocenters. The van der Waals surface area contributed by atoms with Gasteiger partial charge in [0.1, 0.15) is 0 Å². The van der Waals surface area contributed by atoms with Crippen molar-refractivity contribution >= 4 is 11.8 Å². The van der Waals surface area contributed by atoms with Crippen LogP contribution in [0.1, 0.15) is 41.6 Å². The molecule has 2 heterocycles. The Morgan fingerprint density at radius 3 is 2.67 bits per heavy atom. The van der Waals surface area contributed by atoms with E-state index < -0.39 is 0 Å². The lowest BCUT2D eigenvalue weighted by atomic mass is 9.77. The van der Waals surface area contributed by atoms with E-state index in [0.29, 0.717) is 23.5 Å². The number of amides is 2. The van der Waals surface area contributed by atoms with Crippen molar-refractivity contribution in [1.82, 2.24) is 4.90 Å². The van der Waals surface area contributed by atoms with E-state index in [4.69, 9.17) is 9.47 Å². The third-order valence-corrected chi connectivity index (χ3v) is 4.46. The SMILES string of the molecule is CC(=O)N1C(=O)c2cc3c(cc2[C@H]2CC=CC[C@@H]21)OCO3. The van der Waals surface area contributed by atoms with E-state index >= 15 is 0 Å². The first-order valence-electron chi connectivity index (χ1n) is 7.09. The van der Waals surface area contributed by atoms with Gasteiger partial charge in [-0.2, -0.15) is 0 Å². The van der Waals surface area contributed by atoms with Crippen molar-refractivity contribution in [3.05, 3.63) is 35.4 Å². The predicted molar refractivity (Wildman–Crippen MR) is 74.3 cm³/mol. The molecule has 108 valence electrons. The van der Waals surface area contributed by atoms with E-state index in [1.54, 1.807) is 6.07 Å². The van der Waals surface area contributed by atoms with E-state index in [9.17, 15) is 9.59 Å². The average Bonchev–Trinajstić information content (AvgIpc) is 2.93. The first-order valence-corrected chi connectivity index (χ1v) is 7.09. The fourth-order valence-electron chi connectivity index (χ4n) is 3.53. The van der Waals surface area contributed by atoms with Gasteiger partial charge in [-0.15, -0.1) is 0 Å². The van der Waals surface area contributed by atoms with Crippen molar-refractivity contribution in [2.24, 2.45) is 0 Å². The fraction of sp³-hybridized carbons (Fsp3) is 0.375. The van der Waals surface area contributed by atoms with Gasteiger partial charge in [0.25, 0.3) is 5.91 Å². The molecule has 5 heteroatoms. The maximum absolute atomic E-state index is 12.7. The lowest BCUT2D eigenvalue weighted by molar-refractivity contribution is -0.128. The molecule has 0 radical (unpaired) electrons. The average molecular weight is 285 g/mol. The monoisotopic (exact) mass is 285 g/mol. The Morgan fingerprint density at radius 1 is 1.19 bits per heavy atom. The minimum absolute atomic E-state index is 0.0899. The molecule has 1 aliphatic carbocycles. The molecule has 2 aliphatic heterocycles. The van der Waals surface area contributed by atoms with Gasteiger partial charge in [-0.05, 0) is 30.5 Å². The largest absolute Gasteiger partial charge is 0.454 e. The summed E-state index contributed by atoms with van der Waals surface area (Å²) >= 11 is 0. The van der Waals surface area contributed by atoms with Gasteiger partial charge in [-0.1, -0.05) is 12.2 Å². The van der Waals surface area contributed by atoms with Crippen LogP contribution in [0.25, 0.3) is 0 Å². The zero-order chi connectivity index (χ0) is 14.6. The van der Waals surface area contributed by atoms with Gasteiger partial charge < -0.3 is 9.47 Å². The minimum Gasteiger partial charge on any atom is -0.454 e. The normalized spacial score (nSPS) is 25.6. The summed E-state index contributed by atoms with van der Waals surface area (Å²) in [4.78, 5) is 26.0. The van der Waals surface area contributed by atoms with E-state index in [0.717, 1.165) is 12.0 Å². The van der Waals surface area contributed by atoms with Crippen LogP contribution < -0.4 is 9.47 Å². The zero-order valence-electron chi connectivity index (χ0n) is 11.7. The maximum Gasteiger partial charge on any atom is 0.261 e. The Balaban J connectivity index is 1.90. The third kappa shape index (κ3) is 1.70. The van der Waals surface area contributed by atoms with Gasteiger partial charge in [0.15, 0.2) is 11.5 Å². The number of imide groups is 1. The summed E-state index contributed by atoms with van der Waals surface area (Å²) in [5, 5.41) is 0. The van der Waals surface area contributed by atoms with Gasteiger partial charge in [0.05, 0.1) is 6.04 Å². The number of rotatable bonds is 0. The number of hydrogen-bond acceptors (Lipinski definition) is 4. The summed E-state index contributed by atoms with van der Waals surface area (Å²) in [6.45, 7) is 1.63. The van der Waals surface area contributed by atoms with Crippen molar-refractivity contribution in [2.45, 2.75) is 31.7 Å². The minimum atomic E-state index is -0.229. The van der Waals surface area contributed by atoms with Crippen molar-refractivity contribution < 1.29 is 19.1 Å². The van der Waals surface area contributed by atoms with E-state index in [-0.39, 0.29) is 30.6 Å². The molecule has 0 spiro atoms. The zero-order valence-corrected chi connectivity index (χ0v) is 11.7. The molecular weight excluding hydrogens is 270 g/mol. The quantitative estimate of drug-likeness (QED) is 0.686. The number of carbonyl (C=O) groups excluding carboxylic acids is 2. The Labute approximate surface area is 122 Å². The number of hydrogen-bond donors (Lipinski definition) is 0. The Hall–Kier alpha value is -2.30. The lowest BCUT2D eigenvalue weighted by Crippen LogP contribution is -2.50. The van der Waals surface area contributed by atoms with Crippen LogP contribution in [0.2, 0.25) is 0 Å². The standard InChI is InChI=1S/C16H15NO4/c1-9(18)17-13-5-3-2-4-10(13)11-6-14-15(21-8-20-14)7-12(11)16(17)19/h2-3,6-7,10,13H,4-5,8H2,1H3/t10-,13+/m1/s1. The third-order valence-electron chi connectivity index (χ3n) is 4.46. The van der Waals surface area contributed by atoms with Crippen LogP contribution in [0, 0.1) is 0 Å². The Kier molecular flexibility index (Phi) is 2.58. The molecule has 1 aromatic rings. The van der Waals surface area contributed by atoms with Crippen LogP contribution in [0.15, 0.2) is 24.3 Å². The maximum atomic E-state index is 12.7. The van der Waals surface area contributed by atoms with Gasteiger partial charge in [0, 0.05) is 18.4 Å². The van der Waals surface area contributed by atoms with Crippen LogP contribution >= 0.6 is 0 Å². The van der Waals surface area contributed by atoms with Crippen LogP contribution in [0.5, 0.6) is 11.5 Å². The molecular formula is C16H15NO4. The summed E-state index contributed by atoms with van der Waals surface area (Å²) in [6, 6.07) is 3.53. The first-order chi connectivity index (χ1) is 10.2. The highest BCUT2D eigenvalue weighted by atomic mass is 16.7. The smallest absolute Gasteiger partial charge is 0.261 e. The molecule has 0 aromatic heterocycles. The second kappa shape index (κ2) is 4.35. The van der Waals surface area contributed by atoms with E-state index in [2.05, 4.69) is 6.08 Å². The molecule has 1 aromatic carbocycles.